The molecule has 2 fully saturated rings. The fourth-order valence-electron chi connectivity index (χ4n) is 3.97. The molecule has 2 N–H and O–H groups in total. The van der Waals surface area contributed by atoms with Crippen molar-refractivity contribution in [1.82, 2.24) is 10.2 Å². The van der Waals surface area contributed by atoms with Gasteiger partial charge >= 0.3 is 6.03 Å². The Morgan fingerprint density at radius 3 is 2.59 bits per heavy atom. The number of hydrogen-bond acceptors (Lipinski definition) is 4. The number of urea groups is 1. The summed E-state index contributed by atoms with van der Waals surface area (Å²) >= 11 is 0. The van der Waals surface area contributed by atoms with Crippen LogP contribution >= 0.6 is 0 Å². The van der Waals surface area contributed by atoms with Gasteiger partial charge < -0.3 is 15.2 Å². The van der Waals surface area contributed by atoms with Crippen LogP contribution in [0.1, 0.15) is 57.9 Å². The van der Waals surface area contributed by atoms with Gasteiger partial charge in [-0.25, -0.2) is 4.79 Å². The summed E-state index contributed by atoms with van der Waals surface area (Å²) in [5.74, 6) is 1.40. The average molecular weight is 374 g/mol. The van der Waals surface area contributed by atoms with Crippen LogP contribution in [0.25, 0.3) is 0 Å². The summed E-state index contributed by atoms with van der Waals surface area (Å²) in [5.41, 5.74) is 0.295. The van der Waals surface area contributed by atoms with Gasteiger partial charge in [0.2, 0.25) is 0 Å². The summed E-state index contributed by atoms with van der Waals surface area (Å²) in [5, 5.41) is 13.2. The lowest BCUT2D eigenvalue weighted by Gasteiger charge is -2.33. The van der Waals surface area contributed by atoms with Crippen LogP contribution in [0.4, 0.5) is 4.79 Å². The molecule has 148 valence electrons. The van der Waals surface area contributed by atoms with Crippen LogP contribution in [-0.2, 0) is 4.79 Å². The van der Waals surface area contributed by atoms with E-state index in [1.54, 1.807) is 0 Å². The Morgan fingerprint density at radius 1 is 1.26 bits per heavy atom. The van der Waals surface area contributed by atoms with Crippen molar-refractivity contribution in [2.45, 2.75) is 64.0 Å². The number of β-amino-alcohol motifs (C(OH)–C–C–N with tert-alkyl or cyclic N) is 1. The lowest BCUT2D eigenvalue weighted by Crippen LogP contribution is -2.49. The van der Waals surface area contributed by atoms with E-state index in [2.05, 4.69) is 26.1 Å². The molecule has 6 heteroatoms. The lowest BCUT2D eigenvalue weighted by molar-refractivity contribution is -0.133. The quantitative estimate of drug-likeness (QED) is 0.750. The fourth-order valence-corrected chi connectivity index (χ4v) is 3.97. The van der Waals surface area contributed by atoms with E-state index in [1.807, 2.05) is 24.3 Å². The highest BCUT2D eigenvalue weighted by molar-refractivity contribution is 6.07. The van der Waals surface area contributed by atoms with Gasteiger partial charge in [-0.15, -0.1) is 0 Å². The first-order valence-electron chi connectivity index (χ1n) is 9.86. The number of nitrogens with one attached hydrogen (secondary N) is 1. The standard InChI is InChI=1S/C21H30N2O4/c1-14(2)17-6-4-5-7-18(17)27-13-16(24)12-23-19(25)21(22-20(23)26)10-8-15(3)9-11-21/h4-7,14-16,24H,8-13H2,1-3H3,(H,22,26). The third kappa shape index (κ3) is 4.10. The van der Waals surface area contributed by atoms with E-state index in [-0.39, 0.29) is 19.1 Å². The van der Waals surface area contributed by atoms with Crippen LogP contribution in [0.5, 0.6) is 5.75 Å². The number of nitrogens with zero attached hydrogens (tertiary/aromatic N) is 1. The molecular formula is C21H30N2O4. The summed E-state index contributed by atoms with van der Waals surface area (Å²) in [4.78, 5) is 26.3. The van der Waals surface area contributed by atoms with Gasteiger partial charge in [-0.05, 0) is 49.1 Å². The van der Waals surface area contributed by atoms with Gasteiger partial charge in [0.1, 0.15) is 24.0 Å². The van der Waals surface area contributed by atoms with Crippen molar-refractivity contribution < 1.29 is 19.4 Å². The number of rotatable bonds is 6. The number of imide groups is 1. The second-order valence-corrected chi connectivity index (χ2v) is 8.27. The Hall–Kier alpha value is -2.08. The van der Waals surface area contributed by atoms with Crippen LogP contribution < -0.4 is 10.1 Å². The molecule has 1 aliphatic heterocycles. The van der Waals surface area contributed by atoms with Crippen molar-refractivity contribution in [2.24, 2.45) is 5.92 Å². The Balaban J connectivity index is 1.59. The fraction of sp³-hybridized carbons (Fsp3) is 0.619. The monoisotopic (exact) mass is 374 g/mol. The van der Waals surface area contributed by atoms with Crippen molar-refractivity contribution in [3.63, 3.8) is 0 Å². The molecular weight excluding hydrogens is 344 g/mol. The predicted molar refractivity (Wildman–Crippen MR) is 103 cm³/mol. The molecule has 27 heavy (non-hydrogen) atoms. The SMILES string of the molecule is CC1CCC2(CC1)NC(=O)N(CC(O)COc1ccccc1C(C)C)C2=O. The van der Waals surface area contributed by atoms with Crippen molar-refractivity contribution in [2.75, 3.05) is 13.2 Å². The molecule has 0 aromatic heterocycles. The van der Waals surface area contributed by atoms with Crippen molar-refractivity contribution >= 4 is 11.9 Å². The highest BCUT2D eigenvalue weighted by atomic mass is 16.5. The Morgan fingerprint density at radius 2 is 1.93 bits per heavy atom. The van der Waals surface area contributed by atoms with Crippen LogP contribution in [0.3, 0.4) is 0 Å². The van der Waals surface area contributed by atoms with Gasteiger partial charge in [0.05, 0.1) is 6.54 Å². The molecule has 1 saturated carbocycles. The second-order valence-electron chi connectivity index (χ2n) is 8.27. The van der Waals surface area contributed by atoms with E-state index in [9.17, 15) is 14.7 Å². The first-order chi connectivity index (χ1) is 12.8. The number of aliphatic hydroxyl groups is 1. The van der Waals surface area contributed by atoms with Crippen molar-refractivity contribution in [1.29, 1.82) is 0 Å². The topological polar surface area (TPSA) is 78.9 Å². The smallest absolute Gasteiger partial charge is 0.325 e. The summed E-state index contributed by atoms with van der Waals surface area (Å²) in [6.07, 6.45) is 2.26. The molecule has 1 aliphatic carbocycles. The van der Waals surface area contributed by atoms with Crippen LogP contribution in [-0.4, -0.2) is 46.7 Å². The summed E-state index contributed by atoms with van der Waals surface area (Å²) in [6.45, 7) is 6.31. The summed E-state index contributed by atoms with van der Waals surface area (Å²) in [6, 6.07) is 7.30. The number of ether oxygens (including phenoxy) is 1. The Labute approximate surface area is 160 Å². The van der Waals surface area contributed by atoms with Gasteiger partial charge in [0, 0.05) is 0 Å². The predicted octanol–water partition coefficient (Wildman–Crippen LogP) is 3.05. The minimum atomic E-state index is -0.933. The molecule has 0 radical (unpaired) electrons. The van der Waals surface area contributed by atoms with E-state index in [1.165, 1.54) is 0 Å². The zero-order valence-electron chi connectivity index (χ0n) is 16.4. The van der Waals surface area contributed by atoms with E-state index in [0.717, 1.165) is 29.1 Å². The summed E-state index contributed by atoms with van der Waals surface area (Å²) < 4.78 is 5.77. The molecule has 2 aliphatic rings. The van der Waals surface area contributed by atoms with Gasteiger partial charge in [-0.3, -0.25) is 9.69 Å². The van der Waals surface area contributed by atoms with Gasteiger partial charge in [-0.2, -0.15) is 0 Å². The normalized spacial score (nSPS) is 26.6. The van der Waals surface area contributed by atoms with Crippen LogP contribution in [0, 0.1) is 5.92 Å². The summed E-state index contributed by atoms with van der Waals surface area (Å²) in [7, 11) is 0. The van der Waals surface area contributed by atoms with Crippen LogP contribution in [0.15, 0.2) is 24.3 Å². The minimum absolute atomic E-state index is 0.0326. The highest BCUT2D eigenvalue weighted by Gasteiger charge is 2.52. The average Bonchev–Trinajstić information content (AvgIpc) is 2.87. The molecule has 0 bridgehead atoms. The third-order valence-electron chi connectivity index (χ3n) is 5.74. The number of carbonyl (C=O) groups is 2. The molecule has 3 amide bonds. The highest BCUT2D eigenvalue weighted by Crippen LogP contribution is 2.36. The van der Waals surface area contributed by atoms with E-state index in [4.69, 9.17) is 4.74 Å². The van der Waals surface area contributed by atoms with E-state index < -0.39 is 17.7 Å². The number of aliphatic hydroxyl groups excluding tert-OH is 1. The number of amides is 3. The third-order valence-corrected chi connectivity index (χ3v) is 5.74. The van der Waals surface area contributed by atoms with Gasteiger partial charge in [0.25, 0.3) is 5.91 Å². The maximum Gasteiger partial charge on any atom is 0.325 e. The number of benzene rings is 1. The first-order valence-corrected chi connectivity index (χ1v) is 9.86. The maximum absolute atomic E-state index is 12.8. The minimum Gasteiger partial charge on any atom is -0.491 e. The van der Waals surface area contributed by atoms with E-state index in [0.29, 0.717) is 24.7 Å². The van der Waals surface area contributed by atoms with Crippen molar-refractivity contribution in [3.05, 3.63) is 29.8 Å². The lowest BCUT2D eigenvalue weighted by atomic mass is 9.77. The zero-order valence-corrected chi connectivity index (χ0v) is 16.4. The molecule has 1 saturated heterocycles. The maximum atomic E-state index is 12.8. The molecule has 1 unspecified atom stereocenters. The molecule has 1 heterocycles. The van der Waals surface area contributed by atoms with Gasteiger partial charge in [0.15, 0.2) is 0 Å². The molecule has 3 rings (SSSR count). The number of para-hydroxylation sites is 1. The zero-order chi connectivity index (χ0) is 19.6. The second kappa shape index (κ2) is 7.89. The molecule has 1 aromatic carbocycles. The number of carbonyl (C=O) groups excluding carboxylic acids is 2. The number of hydrogen-bond donors (Lipinski definition) is 2. The molecule has 1 aromatic rings. The molecule has 1 atom stereocenters. The van der Waals surface area contributed by atoms with E-state index >= 15 is 0 Å². The molecule has 1 spiro atoms. The van der Waals surface area contributed by atoms with Crippen molar-refractivity contribution in [3.8, 4) is 5.75 Å². The Bertz CT molecular complexity index is 695. The first kappa shape index (κ1) is 19.7. The van der Waals surface area contributed by atoms with Crippen LogP contribution in [0.2, 0.25) is 0 Å². The Kier molecular flexibility index (Phi) is 5.75. The largest absolute Gasteiger partial charge is 0.491 e. The van der Waals surface area contributed by atoms with Gasteiger partial charge in [-0.1, -0.05) is 39.0 Å². The molecule has 6 nitrogen and oxygen atoms in total.